The second-order valence-electron chi connectivity index (χ2n) is 12.5. The maximum Gasteiger partial charge on any atom is 0.227 e. The second kappa shape index (κ2) is 16.9. The Bertz CT molecular complexity index is 2370. The topological polar surface area (TPSA) is 33.8 Å². The molecule has 0 saturated heterocycles. The summed E-state index contributed by atoms with van der Waals surface area (Å²) in [5.74, 6) is -71.3. The molecule has 0 bridgehead atoms. The average Bonchev–Trinajstić information content (AvgIpc) is 3.24. The molecule has 6 aromatic rings. The van der Waals surface area contributed by atoms with Gasteiger partial charge in [0.05, 0.1) is 12.4 Å². The van der Waals surface area contributed by atoms with E-state index < -0.39 is 144 Å². The molecule has 1 heterocycles. The highest BCUT2D eigenvalue weighted by Crippen LogP contribution is 2.30. The van der Waals surface area contributed by atoms with Crippen LogP contribution in [0.3, 0.4) is 0 Å². The molecule has 0 unspecified atom stereocenters. The molecule has 0 spiro atoms. The van der Waals surface area contributed by atoms with Crippen molar-refractivity contribution >= 4 is 33.8 Å². The lowest BCUT2D eigenvalue weighted by Crippen LogP contribution is -2.81. The number of hydrogen-bond acceptors (Lipinski definition) is 2. The van der Waals surface area contributed by atoms with Crippen LogP contribution in [-0.4, -0.2) is 16.9 Å². The Balaban J connectivity index is 0.000000366. The van der Waals surface area contributed by atoms with Gasteiger partial charge in [-0.05, 0) is 6.92 Å². The lowest BCUT2D eigenvalue weighted by atomic mass is 9.12. The summed E-state index contributed by atoms with van der Waals surface area (Å²) in [6, 6.07) is 7.62. The molecule has 24 heteroatoms. The van der Waals surface area contributed by atoms with Crippen LogP contribution in [0, 0.1) is 123 Å². The van der Waals surface area contributed by atoms with Crippen molar-refractivity contribution < 1.29 is 97.2 Å². The minimum atomic E-state index is -7.22. The Morgan fingerprint density at radius 1 is 0.410 bits per heavy atom. The second-order valence-corrected chi connectivity index (χ2v) is 12.5. The summed E-state index contributed by atoms with van der Waals surface area (Å²) in [6.07, 6.45) is -0.311. The van der Waals surface area contributed by atoms with Crippen molar-refractivity contribution in [2.24, 2.45) is 0 Å². The largest absolute Gasteiger partial charge is 0.287 e. The number of Topliss-reactive ketones (excluding diaryl/α,β-unsaturated/α-hetero) is 1. The molecule has 61 heavy (non-hydrogen) atoms. The Labute approximate surface area is 326 Å². The number of halogens is 20. The van der Waals surface area contributed by atoms with Crippen molar-refractivity contribution in [3.8, 4) is 0 Å². The molecule has 0 fully saturated rings. The molecule has 0 radical (unpaired) electrons. The van der Waals surface area contributed by atoms with Gasteiger partial charge in [-0.25, -0.2) is 87.8 Å². The van der Waals surface area contributed by atoms with Crippen LogP contribution in [0.5, 0.6) is 0 Å². The summed E-state index contributed by atoms with van der Waals surface area (Å²) in [7, 11) is 0. The van der Waals surface area contributed by atoms with Crippen molar-refractivity contribution in [2.75, 3.05) is 0 Å². The van der Waals surface area contributed by atoms with Gasteiger partial charge in [-0.15, -0.1) is 21.9 Å². The van der Waals surface area contributed by atoms with Gasteiger partial charge in [-0.3, -0.25) is 9.78 Å². The van der Waals surface area contributed by atoms with Crippen LogP contribution in [0.2, 0.25) is 0 Å². The predicted molar refractivity (Wildman–Crippen MR) is 169 cm³/mol. The fraction of sp³-hybridized carbons (Fsp3) is 0.0541. The van der Waals surface area contributed by atoms with Crippen molar-refractivity contribution in [1.82, 2.24) is 4.98 Å². The van der Waals surface area contributed by atoms with E-state index in [0.717, 1.165) is 11.1 Å². The van der Waals surface area contributed by atoms with E-state index in [1.165, 1.54) is 0 Å². The SMILES string of the molecule is Cc1ccc(C(=O)C[n+]2ccncc2)cc1.Fc1c(F)c(F)c([B-](c2c(F)c(F)c(F)c(F)c2F)(c2c(F)c(F)c(F)c(F)c2F)c2c(F)c(F)c(F)c(F)c2F)c(F)c1F. The molecule has 3 nitrogen and oxygen atoms in total. The molecule has 0 amide bonds. The molecule has 0 saturated carbocycles. The van der Waals surface area contributed by atoms with E-state index >= 15 is 35.1 Å². The van der Waals surface area contributed by atoms with Gasteiger partial charge in [-0.1, -0.05) is 29.8 Å². The summed E-state index contributed by atoms with van der Waals surface area (Å²) in [4.78, 5) is 15.8. The number of nitrogens with zero attached hydrogens (tertiary/aromatic N) is 2. The first kappa shape index (κ1) is 45.6. The molecular formula is C37H13BF20N2O. The zero-order valence-corrected chi connectivity index (χ0v) is 29.3. The van der Waals surface area contributed by atoms with E-state index in [1.807, 2.05) is 35.8 Å². The van der Waals surface area contributed by atoms with E-state index in [-0.39, 0.29) is 5.78 Å². The van der Waals surface area contributed by atoms with Crippen LogP contribution in [0.4, 0.5) is 87.8 Å². The summed E-state index contributed by atoms with van der Waals surface area (Å²) in [6.45, 7) is 2.36. The van der Waals surface area contributed by atoms with Gasteiger partial charge in [0.25, 0.3) is 0 Å². The fourth-order valence-corrected chi connectivity index (χ4v) is 6.32. The standard InChI is InChI=1S/C24BF20.C13H13N2O/c26-5-1(6(27)14(35)21(42)13(5)34)25(2-7(28)15(36)22(43)16(37)8(2)29,3-9(30)17(38)23(44)18(39)10(3)31)4-11(32)19(40)24(45)20(41)12(4)33;1-11-2-4-12(5-3-11)13(16)10-15-8-6-14-7-9-15/h;2-9H,10H2,1H3/q-1;+1. The third kappa shape index (κ3) is 7.30. The molecule has 5 aromatic carbocycles. The van der Waals surface area contributed by atoms with Gasteiger partial charge in [0.15, 0.2) is 82.2 Å². The molecule has 0 atom stereocenters. The maximum absolute atomic E-state index is 15.4. The molecule has 320 valence electrons. The molecule has 0 N–H and O–H groups in total. The molecule has 0 aliphatic heterocycles. The smallest absolute Gasteiger partial charge is 0.227 e. The normalized spacial score (nSPS) is 11.5. The highest BCUT2D eigenvalue weighted by atomic mass is 19.2. The highest BCUT2D eigenvalue weighted by Gasteiger charge is 2.52. The lowest BCUT2D eigenvalue weighted by Gasteiger charge is -2.44. The van der Waals surface area contributed by atoms with Gasteiger partial charge < -0.3 is 0 Å². The Kier molecular flexibility index (Phi) is 12.6. The lowest BCUT2D eigenvalue weighted by molar-refractivity contribution is -0.683. The van der Waals surface area contributed by atoms with E-state index in [9.17, 15) is 57.5 Å². The Morgan fingerprint density at radius 3 is 0.885 bits per heavy atom. The van der Waals surface area contributed by atoms with Crippen molar-refractivity contribution in [3.05, 3.63) is 177 Å². The Morgan fingerprint density at radius 2 is 0.639 bits per heavy atom. The number of aromatic nitrogens is 2. The van der Waals surface area contributed by atoms with E-state index in [2.05, 4.69) is 4.98 Å². The van der Waals surface area contributed by atoms with E-state index in [1.54, 1.807) is 24.8 Å². The first-order chi connectivity index (χ1) is 28.5. The van der Waals surface area contributed by atoms with Crippen LogP contribution in [-0.2, 0) is 6.54 Å². The molecule has 0 aliphatic rings. The van der Waals surface area contributed by atoms with E-state index in [4.69, 9.17) is 0 Å². The minimum Gasteiger partial charge on any atom is -0.287 e. The van der Waals surface area contributed by atoms with Crippen molar-refractivity contribution in [1.29, 1.82) is 0 Å². The van der Waals surface area contributed by atoms with Crippen molar-refractivity contribution in [2.45, 2.75) is 13.5 Å². The summed E-state index contributed by atoms with van der Waals surface area (Å²) in [5, 5.41) is 0. The molecule has 0 aliphatic carbocycles. The number of rotatable bonds is 7. The molecule has 6 rings (SSSR count). The number of hydrogen-bond donors (Lipinski definition) is 0. The van der Waals surface area contributed by atoms with Crippen LogP contribution in [0.1, 0.15) is 15.9 Å². The third-order valence-electron chi connectivity index (χ3n) is 9.10. The predicted octanol–water partition coefficient (Wildman–Crippen LogP) is 7.41. The van der Waals surface area contributed by atoms with Gasteiger partial charge in [0, 0.05) is 5.56 Å². The van der Waals surface area contributed by atoms with Gasteiger partial charge >= 0.3 is 0 Å². The zero-order valence-electron chi connectivity index (χ0n) is 29.3. The number of carbonyl (C=O) groups is 1. The van der Waals surface area contributed by atoms with Crippen LogP contribution in [0.15, 0.2) is 49.1 Å². The van der Waals surface area contributed by atoms with E-state index in [0.29, 0.717) is 6.54 Å². The Hall–Kier alpha value is -6.49. The highest BCUT2D eigenvalue weighted by molar-refractivity contribution is 7.20. The number of carbonyl (C=O) groups excluding carboxylic acids is 1. The van der Waals surface area contributed by atoms with Gasteiger partial charge in [0.2, 0.25) is 12.3 Å². The van der Waals surface area contributed by atoms with Gasteiger partial charge in [-0.2, -0.15) is 4.57 Å². The maximum atomic E-state index is 15.4. The monoisotopic (exact) mass is 892 g/mol. The first-order valence-corrected chi connectivity index (χ1v) is 16.1. The van der Waals surface area contributed by atoms with Crippen molar-refractivity contribution in [3.63, 3.8) is 0 Å². The third-order valence-corrected chi connectivity index (χ3v) is 9.10. The summed E-state index contributed by atoms with van der Waals surface area (Å²) < 4.78 is 296. The zero-order chi connectivity index (χ0) is 45.7. The number of aryl methyl sites for hydroxylation is 1. The minimum absolute atomic E-state index is 0.108. The first-order valence-electron chi connectivity index (χ1n) is 16.1. The number of ketones is 1. The van der Waals surface area contributed by atoms with Crippen LogP contribution in [0.25, 0.3) is 0 Å². The van der Waals surface area contributed by atoms with Crippen LogP contribution < -0.4 is 26.4 Å². The summed E-state index contributed by atoms with van der Waals surface area (Å²) >= 11 is 0. The van der Waals surface area contributed by atoms with Gasteiger partial charge in [0.1, 0.15) is 52.7 Å². The summed E-state index contributed by atoms with van der Waals surface area (Å²) in [5.41, 5.74) is -12.4. The molecular weight excluding hydrogens is 879 g/mol. The molecule has 1 aromatic heterocycles. The quantitative estimate of drug-likeness (QED) is 0.0419. The average molecular weight is 892 g/mol. The number of benzene rings is 5. The van der Waals surface area contributed by atoms with Crippen LogP contribution >= 0.6 is 0 Å². The fourth-order valence-electron chi connectivity index (χ4n) is 6.32.